The van der Waals surface area contributed by atoms with E-state index >= 15 is 0 Å². The Bertz CT molecular complexity index is 566. The van der Waals surface area contributed by atoms with Crippen LogP contribution < -0.4 is 4.72 Å². The summed E-state index contributed by atoms with van der Waals surface area (Å²) in [7, 11) is -3.41. The Hall–Kier alpha value is -0.580. The fraction of sp³-hybridized carbons (Fsp3) is 0.625. The highest BCUT2D eigenvalue weighted by Crippen LogP contribution is 2.24. The van der Waals surface area contributed by atoms with Gasteiger partial charge in [-0.15, -0.1) is 11.6 Å². The number of fused-ring (bicyclic) bond motifs is 1. The van der Waals surface area contributed by atoms with Crippen LogP contribution in [0.15, 0.2) is 23.1 Å². The molecule has 0 radical (unpaired) electrons. The second-order valence-corrected chi connectivity index (χ2v) is 7.91. The van der Waals surface area contributed by atoms with Crippen molar-refractivity contribution in [3.63, 3.8) is 0 Å². The molecule has 118 valence electrons. The molecule has 0 amide bonds. The van der Waals surface area contributed by atoms with Gasteiger partial charge in [0.2, 0.25) is 10.0 Å². The number of nitrogens with one attached hydrogen (secondary N) is 1. The third kappa shape index (κ3) is 4.44. The summed E-state index contributed by atoms with van der Waals surface area (Å²) < 4.78 is 27.6. The maximum absolute atomic E-state index is 12.4. The molecule has 0 spiro atoms. The molecule has 0 aliphatic heterocycles. The maximum Gasteiger partial charge on any atom is 0.240 e. The molecule has 1 aliphatic rings. The minimum Gasteiger partial charge on any atom is -0.211 e. The van der Waals surface area contributed by atoms with Crippen molar-refractivity contribution in [3.8, 4) is 0 Å². The van der Waals surface area contributed by atoms with Gasteiger partial charge in [0.05, 0.1) is 4.90 Å². The molecule has 1 aromatic carbocycles. The Labute approximate surface area is 133 Å². The first-order valence-electron chi connectivity index (χ1n) is 7.74. The zero-order chi connectivity index (χ0) is 15.3. The number of sulfonamides is 1. The largest absolute Gasteiger partial charge is 0.240 e. The minimum atomic E-state index is -3.41. The predicted octanol–water partition coefficient (Wildman–Crippen LogP) is 3.50. The van der Waals surface area contributed by atoms with Crippen molar-refractivity contribution in [1.82, 2.24) is 4.72 Å². The van der Waals surface area contributed by atoms with Gasteiger partial charge < -0.3 is 0 Å². The molecule has 1 unspecified atom stereocenters. The smallest absolute Gasteiger partial charge is 0.211 e. The van der Waals surface area contributed by atoms with Crippen LogP contribution in [-0.2, 0) is 22.9 Å². The summed E-state index contributed by atoms with van der Waals surface area (Å²) in [5, 5.41) is 0. The first-order chi connectivity index (χ1) is 10.1. The lowest BCUT2D eigenvalue weighted by Crippen LogP contribution is -2.29. The lowest BCUT2D eigenvalue weighted by Gasteiger charge is -2.16. The Balaban J connectivity index is 2.04. The molecular weight excluding hydrogens is 306 g/mol. The van der Waals surface area contributed by atoms with Crippen LogP contribution in [0.4, 0.5) is 0 Å². The van der Waals surface area contributed by atoms with E-state index in [-0.39, 0.29) is 0 Å². The minimum absolute atomic E-state index is 0.316. The van der Waals surface area contributed by atoms with E-state index in [1.165, 1.54) is 11.1 Å². The summed E-state index contributed by atoms with van der Waals surface area (Å²) in [4.78, 5) is 0.393. The van der Waals surface area contributed by atoms with Gasteiger partial charge in [-0.2, -0.15) is 0 Å². The van der Waals surface area contributed by atoms with E-state index in [1.54, 1.807) is 6.07 Å². The molecule has 0 saturated carbocycles. The predicted molar refractivity (Wildman–Crippen MR) is 87.4 cm³/mol. The standard InChI is InChI=1S/C16H24ClNO2S/c1-2-4-13(9-10-17)12-18-21(19,20)16-8-7-14-5-3-6-15(14)11-16/h7-8,11,13,18H,2-6,9-10,12H2,1H3. The summed E-state index contributed by atoms with van der Waals surface area (Å²) >= 11 is 5.79. The summed E-state index contributed by atoms with van der Waals surface area (Å²) in [6.07, 6.45) is 6.07. The highest BCUT2D eigenvalue weighted by atomic mass is 35.5. The highest BCUT2D eigenvalue weighted by Gasteiger charge is 2.19. The molecule has 0 fully saturated rings. The van der Waals surface area contributed by atoms with Crippen molar-refractivity contribution in [2.45, 2.75) is 50.3 Å². The van der Waals surface area contributed by atoms with Gasteiger partial charge >= 0.3 is 0 Å². The van der Waals surface area contributed by atoms with Gasteiger partial charge in [-0.3, -0.25) is 0 Å². The van der Waals surface area contributed by atoms with Crippen molar-refractivity contribution < 1.29 is 8.42 Å². The van der Waals surface area contributed by atoms with Crippen LogP contribution in [0, 0.1) is 5.92 Å². The average molecular weight is 330 g/mol. The number of benzene rings is 1. The Morgan fingerprint density at radius 3 is 2.71 bits per heavy atom. The van der Waals surface area contributed by atoms with Crippen molar-refractivity contribution >= 4 is 21.6 Å². The number of halogens is 1. The molecule has 3 nitrogen and oxygen atoms in total. The van der Waals surface area contributed by atoms with E-state index < -0.39 is 10.0 Å². The molecular formula is C16H24ClNO2S. The van der Waals surface area contributed by atoms with E-state index in [0.717, 1.165) is 38.5 Å². The first-order valence-corrected chi connectivity index (χ1v) is 9.76. The molecule has 0 heterocycles. The average Bonchev–Trinajstić information content (AvgIpc) is 2.92. The second kappa shape index (κ2) is 7.61. The summed E-state index contributed by atoms with van der Waals surface area (Å²) in [5.74, 6) is 0.891. The van der Waals surface area contributed by atoms with E-state index in [4.69, 9.17) is 11.6 Å². The molecule has 0 aromatic heterocycles. The van der Waals surface area contributed by atoms with Gasteiger partial charge in [-0.05, 0) is 61.3 Å². The zero-order valence-corrected chi connectivity index (χ0v) is 14.1. The van der Waals surface area contributed by atoms with E-state index in [2.05, 4.69) is 11.6 Å². The van der Waals surface area contributed by atoms with Crippen LogP contribution >= 0.6 is 11.6 Å². The van der Waals surface area contributed by atoms with E-state index in [9.17, 15) is 8.42 Å². The lowest BCUT2D eigenvalue weighted by molar-refractivity contribution is 0.457. The molecule has 5 heteroatoms. The fourth-order valence-corrected chi connectivity index (χ4v) is 4.41. The number of hydrogen-bond donors (Lipinski definition) is 1. The first kappa shape index (κ1) is 16.8. The zero-order valence-electron chi connectivity index (χ0n) is 12.6. The van der Waals surface area contributed by atoms with Gasteiger partial charge in [-0.1, -0.05) is 19.4 Å². The Kier molecular flexibility index (Phi) is 6.08. The monoisotopic (exact) mass is 329 g/mol. The van der Waals surface area contributed by atoms with Gasteiger partial charge in [-0.25, -0.2) is 13.1 Å². The second-order valence-electron chi connectivity index (χ2n) is 5.77. The van der Waals surface area contributed by atoms with Gasteiger partial charge in [0.15, 0.2) is 0 Å². The fourth-order valence-electron chi connectivity index (χ4n) is 2.94. The maximum atomic E-state index is 12.4. The molecule has 1 aliphatic carbocycles. The van der Waals surface area contributed by atoms with Crippen LogP contribution in [-0.4, -0.2) is 20.8 Å². The number of rotatable bonds is 8. The molecule has 0 bridgehead atoms. The Morgan fingerprint density at radius 2 is 2.00 bits per heavy atom. The quantitative estimate of drug-likeness (QED) is 0.742. The number of aryl methyl sites for hydroxylation is 2. The topological polar surface area (TPSA) is 46.2 Å². The van der Waals surface area contributed by atoms with Crippen LogP contribution in [0.1, 0.15) is 43.7 Å². The van der Waals surface area contributed by atoms with Crippen LogP contribution in [0.3, 0.4) is 0 Å². The molecule has 21 heavy (non-hydrogen) atoms. The van der Waals surface area contributed by atoms with Gasteiger partial charge in [0.1, 0.15) is 0 Å². The highest BCUT2D eigenvalue weighted by molar-refractivity contribution is 7.89. The summed E-state index contributed by atoms with van der Waals surface area (Å²) in [6, 6.07) is 5.52. The van der Waals surface area contributed by atoms with Gasteiger partial charge in [0.25, 0.3) is 0 Å². The number of alkyl halides is 1. The molecule has 1 atom stereocenters. The van der Waals surface area contributed by atoms with Crippen molar-refractivity contribution in [2.24, 2.45) is 5.92 Å². The molecule has 1 aromatic rings. The molecule has 0 saturated heterocycles. The van der Waals surface area contributed by atoms with Crippen LogP contribution in [0.5, 0.6) is 0 Å². The molecule has 2 rings (SSSR count). The van der Waals surface area contributed by atoms with Crippen molar-refractivity contribution in [2.75, 3.05) is 12.4 Å². The lowest BCUT2D eigenvalue weighted by atomic mass is 10.0. The van der Waals surface area contributed by atoms with Crippen LogP contribution in [0.25, 0.3) is 0 Å². The van der Waals surface area contributed by atoms with E-state index in [1.807, 2.05) is 12.1 Å². The summed E-state index contributed by atoms with van der Waals surface area (Å²) in [5.41, 5.74) is 2.48. The van der Waals surface area contributed by atoms with Crippen LogP contribution in [0.2, 0.25) is 0 Å². The normalized spacial score (nSPS) is 15.9. The SMILES string of the molecule is CCCC(CCCl)CNS(=O)(=O)c1ccc2c(c1)CCC2. The Morgan fingerprint density at radius 1 is 1.24 bits per heavy atom. The van der Waals surface area contributed by atoms with Crippen molar-refractivity contribution in [1.29, 1.82) is 0 Å². The van der Waals surface area contributed by atoms with Gasteiger partial charge in [0, 0.05) is 12.4 Å². The number of hydrogen-bond acceptors (Lipinski definition) is 2. The third-order valence-corrected chi connectivity index (χ3v) is 5.80. The third-order valence-electron chi connectivity index (χ3n) is 4.16. The summed E-state index contributed by atoms with van der Waals surface area (Å²) in [6.45, 7) is 2.58. The van der Waals surface area contributed by atoms with E-state index in [0.29, 0.717) is 23.2 Å². The molecule has 1 N–H and O–H groups in total. The van der Waals surface area contributed by atoms with Crippen molar-refractivity contribution in [3.05, 3.63) is 29.3 Å².